The highest BCUT2D eigenvalue weighted by atomic mass is 19.1. The second-order valence-electron chi connectivity index (χ2n) is 5.90. The van der Waals surface area contributed by atoms with Gasteiger partial charge in [0.25, 0.3) is 0 Å². The molecule has 1 aliphatic rings. The van der Waals surface area contributed by atoms with Gasteiger partial charge in [-0.25, -0.2) is 9.18 Å². The van der Waals surface area contributed by atoms with Crippen molar-refractivity contribution in [2.75, 3.05) is 0 Å². The van der Waals surface area contributed by atoms with Crippen LogP contribution in [0.4, 0.5) is 9.18 Å². The van der Waals surface area contributed by atoms with Gasteiger partial charge in [-0.05, 0) is 43.5 Å². The van der Waals surface area contributed by atoms with Crippen LogP contribution in [0, 0.1) is 5.82 Å². The third kappa shape index (κ3) is 3.86. The Labute approximate surface area is 135 Å². The van der Waals surface area contributed by atoms with E-state index in [2.05, 4.69) is 10.3 Å². The van der Waals surface area contributed by atoms with Gasteiger partial charge in [-0.3, -0.25) is 4.98 Å². The van der Waals surface area contributed by atoms with Gasteiger partial charge < -0.3 is 10.2 Å². The summed E-state index contributed by atoms with van der Waals surface area (Å²) in [5.74, 6) is -0.270. The fraction of sp³-hybridized carbons (Fsp3) is 0.333. The van der Waals surface area contributed by atoms with E-state index in [-0.39, 0.29) is 23.9 Å². The monoisotopic (exact) mass is 313 g/mol. The zero-order valence-corrected chi connectivity index (χ0v) is 13.1. The van der Waals surface area contributed by atoms with Gasteiger partial charge in [0.2, 0.25) is 0 Å². The van der Waals surface area contributed by atoms with Crippen LogP contribution < -0.4 is 5.32 Å². The van der Waals surface area contributed by atoms with E-state index in [4.69, 9.17) is 0 Å². The molecule has 1 heterocycles. The lowest BCUT2D eigenvalue weighted by atomic mass is 10.1. The van der Waals surface area contributed by atoms with Crippen molar-refractivity contribution in [2.45, 2.75) is 38.4 Å². The van der Waals surface area contributed by atoms with Gasteiger partial charge in [-0.15, -0.1) is 0 Å². The third-order valence-corrected chi connectivity index (χ3v) is 4.09. The van der Waals surface area contributed by atoms with Gasteiger partial charge in [-0.1, -0.05) is 18.2 Å². The van der Waals surface area contributed by atoms with Crippen molar-refractivity contribution in [1.82, 2.24) is 15.2 Å². The molecule has 0 bridgehead atoms. The summed E-state index contributed by atoms with van der Waals surface area (Å²) < 4.78 is 13.9. The number of amides is 2. The Morgan fingerprint density at radius 2 is 2.00 bits per heavy atom. The molecule has 1 aromatic carbocycles. The number of aromatic nitrogens is 1. The van der Waals surface area contributed by atoms with E-state index >= 15 is 0 Å². The number of halogens is 1. The van der Waals surface area contributed by atoms with E-state index in [9.17, 15) is 9.18 Å². The molecule has 3 rings (SSSR count). The molecular weight excluding hydrogens is 293 g/mol. The van der Waals surface area contributed by atoms with Crippen molar-refractivity contribution in [1.29, 1.82) is 0 Å². The Bertz CT molecular complexity index is 673. The maximum absolute atomic E-state index is 13.9. The Balaban J connectivity index is 1.69. The second kappa shape index (κ2) is 6.77. The number of carbonyl (C=O) groups is 1. The number of urea groups is 1. The van der Waals surface area contributed by atoms with Crippen LogP contribution in [0.15, 0.2) is 48.8 Å². The van der Waals surface area contributed by atoms with Gasteiger partial charge in [0, 0.05) is 24.0 Å². The number of hydrogen-bond acceptors (Lipinski definition) is 2. The molecule has 2 aromatic rings. The standard InChI is InChI=1S/C18H20FN3O/c1-13(14-8-10-20-11-9-14)21-18(23)22(16-6-7-16)12-15-4-2-3-5-17(15)19/h2-5,8-11,13,16H,6-7,12H2,1H3,(H,21,23)/t13-/m0/s1. The van der Waals surface area contributed by atoms with Crippen LogP contribution in [0.3, 0.4) is 0 Å². The molecule has 1 aromatic heterocycles. The maximum atomic E-state index is 13.9. The third-order valence-electron chi connectivity index (χ3n) is 4.09. The molecule has 0 saturated heterocycles. The number of pyridine rings is 1. The average molecular weight is 313 g/mol. The van der Waals surface area contributed by atoms with E-state index in [0.717, 1.165) is 18.4 Å². The summed E-state index contributed by atoms with van der Waals surface area (Å²) in [4.78, 5) is 18.3. The fourth-order valence-electron chi connectivity index (χ4n) is 2.57. The first-order chi connectivity index (χ1) is 11.1. The van der Waals surface area contributed by atoms with Crippen LogP contribution in [0.25, 0.3) is 0 Å². The van der Waals surface area contributed by atoms with E-state index in [1.165, 1.54) is 6.07 Å². The van der Waals surface area contributed by atoms with Crippen molar-refractivity contribution < 1.29 is 9.18 Å². The van der Waals surface area contributed by atoms with Crippen LogP contribution >= 0.6 is 0 Å². The number of hydrogen-bond donors (Lipinski definition) is 1. The normalized spacial score (nSPS) is 15.0. The molecular formula is C18H20FN3O. The summed E-state index contributed by atoms with van der Waals surface area (Å²) in [6.07, 6.45) is 5.36. The van der Waals surface area contributed by atoms with E-state index in [1.807, 2.05) is 19.1 Å². The fourth-order valence-corrected chi connectivity index (χ4v) is 2.57. The Morgan fingerprint density at radius 3 is 2.65 bits per heavy atom. The quantitative estimate of drug-likeness (QED) is 0.915. The van der Waals surface area contributed by atoms with Crippen LogP contribution in [0.5, 0.6) is 0 Å². The van der Waals surface area contributed by atoms with Crippen LogP contribution in [-0.4, -0.2) is 22.0 Å². The molecule has 0 unspecified atom stereocenters. The number of nitrogens with zero attached hydrogens (tertiary/aromatic N) is 2. The summed E-state index contributed by atoms with van der Waals surface area (Å²) in [6, 6.07) is 10.3. The van der Waals surface area contributed by atoms with Crippen LogP contribution in [0.2, 0.25) is 0 Å². The molecule has 120 valence electrons. The zero-order chi connectivity index (χ0) is 16.2. The SMILES string of the molecule is C[C@H](NC(=O)N(Cc1ccccc1F)C1CC1)c1ccncc1. The topological polar surface area (TPSA) is 45.2 Å². The minimum Gasteiger partial charge on any atom is -0.331 e. The number of carbonyl (C=O) groups excluding carboxylic acids is 1. The van der Waals surface area contributed by atoms with Crippen LogP contribution in [-0.2, 0) is 6.54 Å². The predicted octanol–water partition coefficient (Wildman–Crippen LogP) is 3.66. The molecule has 1 aliphatic carbocycles. The van der Waals surface area contributed by atoms with Gasteiger partial charge in [0.05, 0.1) is 12.6 Å². The number of benzene rings is 1. The number of nitrogens with one attached hydrogen (secondary N) is 1. The molecule has 1 N–H and O–H groups in total. The van der Waals surface area contributed by atoms with E-state index in [0.29, 0.717) is 12.1 Å². The Kier molecular flexibility index (Phi) is 4.55. The largest absolute Gasteiger partial charge is 0.331 e. The predicted molar refractivity (Wildman–Crippen MR) is 86.1 cm³/mol. The van der Waals surface area contributed by atoms with E-state index < -0.39 is 0 Å². The summed E-state index contributed by atoms with van der Waals surface area (Å²) in [5, 5.41) is 2.99. The number of rotatable bonds is 5. The molecule has 0 radical (unpaired) electrons. The summed E-state index contributed by atoms with van der Waals surface area (Å²) in [5.41, 5.74) is 1.54. The zero-order valence-electron chi connectivity index (χ0n) is 13.1. The van der Waals surface area contributed by atoms with Crippen molar-refractivity contribution in [3.63, 3.8) is 0 Å². The minimum atomic E-state index is -0.270. The lowest BCUT2D eigenvalue weighted by Crippen LogP contribution is -2.42. The highest BCUT2D eigenvalue weighted by molar-refractivity contribution is 5.75. The van der Waals surface area contributed by atoms with Crippen LogP contribution in [0.1, 0.15) is 36.9 Å². The first-order valence-electron chi connectivity index (χ1n) is 7.85. The van der Waals surface area contributed by atoms with Gasteiger partial charge in [-0.2, -0.15) is 0 Å². The smallest absolute Gasteiger partial charge is 0.318 e. The highest BCUT2D eigenvalue weighted by Gasteiger charge is 2.33. The van der Waals surface area contributed by atoms with Crippen molar-refractivity contribution >= 4 is 6.03 Å². The molecule has 4 nitrogen and oxygen atoms in total. The highest BCUT2D eigenvalue weighted by Crippen LogP contribution is 2.29. The minimum absolute atomic E-state index is 0.118. The lowest BCUT2D eigenvalue weighted by Gasteiger charge is -2.25. The summed E-state index contributed by atoms with van der Waals surface area (Å²) >= 11 is 0. The first kappa shape index (κ1) is 15.5. The van der Waals surface area contributed by atoms with Gasteiger partial charge >= 0.3 is 6.03 Å². The van der Waals surface area contributed by atoms with Crippen molar-refractivity contribution in [2.24, 2.45) is 0 Å². The first-order valence-corrected chi connectivity index (χ1v) is 7.85. The van der Waals surface area contributed by atoms with Gasteiger partial charge in [0.1, 0.15) is 5.82 Å². The molecule has 5 heteroatoms. The molecule has 1 fully saturated rings. The molecule has 1 saturated carbocycles. The van der Waals surface area contributed by atoms with E-state index in [1.54, 1.807) is 35.5 Å². The average Bonchev–Trinajstić information content (AvgIpc) is 3.39. The summed E-state index contributed by atoms with van der Waals surface area (Å²) in [6.45, 7) is 2.23. The molecule has 0 spiro atoms. The van der Waals surface area contributed by atoms with Crippen molar-refractivity contribution in [3.05, 3.63) is 65.7 Å². The second-order valence-corrected chi connectivity index (χ2v) is 5.90. The molecule has 0 aliphatic heterocycles. The molecule has 1 atom stereocenters. The molecule has 23 heavy (non-hydrogen) atoms. The Morgan fingerprint density at radius 1 is 1.30 bits per heavy atom. The lowest BCUT2D eigenvalue weighted by molar-refractivity contribution is 0.188. The van der Waals surface area contributed by atoms with Gasteiger partial charge in [0.15, 0.2) is 0 Å². The molecule has 2 amide bonds. The maximum Gasteiger partial charge on any atom is 0.318 e. The van der Waals surface area contributed by atoms with Crippen molar-refractivity contribution in [3.8, 4) is 0 Å². The summed E-state index contributed by atoms with van der Waals surface area (Å²) in [7, 11) is 0. The Hall–Kier alpha value is -2.43.